The Balaban J connectivity index is 1.89. The van der Waals surface area contributed by atoms with Crippen molar-refractivity contribution in [1.82, 2.24) is 19.6 Å². The summed E-state index contributed by atoms with van der Waals surface area (Å²) in [5.41, 5.74) is 2.82. The minimum atomic E-state index is 0.522. The minimum Gasteiger partial charge on any atom is -0.364 e. The molecule has 1 aliphatic rings. The van der Waals surface area contributed by atoms with Crippen molar-refractivity contribution >= 4 is 22.5 Å². The van der Waals surface area contributed by atoms with Crippen LogP contribution in [0, 0.1) is 0 Å². The van der Waals surface area contributed by atoms with Crippen molar-refractivity contribution < 1.29 is 0 Å². The van der Waals surface area contributed by atoms with Gasteiger partial charge in [0.1, 0.15) is 6.33 Å². The zero-order valence-electron chi connectivity index (χ0n) is 10.6. The molecule has 0 amide bonds. The molecular formula is C14H15N5. The van der Waals surface area contributed by atoms with Crippen molar-refractivity contribution in [2.24, 2.45) is 0 Å². The van der Waals surface area contributed by atoms with E-state index in [0.717, 1.165) is 22.5 Å². The summed E-state index contributed by atoms with van der Waals surface area (Å²) in [4.78, 5) is 4.70. The van der Waals surface area contributed by atoms with Gasteiger partial charge in [-0.05, 0) is 25.0 Å². The molecule has 1 aromatic carbocycles. The van der Waals surface area contributed by atoms with E-state index < -0.39 is 0 Å². The molecule has 0 bridgehead atoms. The molecule has 0 radical (unpaired) electrons. The highest BCUT2D eigenvalue weighted by Crippen LogP contribution is 2.25. The van der Waals surface area contributed by atoms with Crippen LogP contribution in [-0.4, -0.2) is 25.6 Å². The zero-order valence-corrected chi connectivity index (χ0v) is 10.6. The zero-order chi connectivity index (χ0) is 12.7. The molecule has 4 rings (SSSR count). The highest BCUT2D eigenvalue weighted by molar-refractivity contribution is 5.82. The van der Waals surface area contributed by atoms with Crippen molar-refractivity contribution in [1.29, 1.82) is 0 Å². The van der Waals surface area contributed by atoms with Crippen molar-refractivity contribution in [3.63, 3.8) is 0 Å². The lowest BCUT2D eigenvalue weighted by molar-refractivity contribution is 0.751. The van der Waals surface area contributed by atoms with E-state index in [9.17, 15) is 0 Å². The number of hydrogen-bond acceptors (Lipinski definition) is 4. The van der Waals surface area contributed by atoms with E-state index in [1.807, 2.05) is 28.7 Å². The fraction of sp³-hybridized carbons (Fsp3) is 0.357. The Hall–Kier alpha value is -2.17. The fourth-order valence-corrected chi connectivity index (χ4v) is 2.87. The molecule has 1 N–H and O–H groups in total. The van der Waals surface area contributed by atoms with Gasteiger partial charge in [0.15, 0.2) is 5.82 Å². The summed E-state index contributed by atoms with van der Waals surface area (Å²) in [5.74, 6) is 0.850. The lowest BCUT2D eigenvalue weighted by Crippen LogP contribution is -2.16. The molecule has 3 aromatic rings. The summed E-state index contributed by atoms with van der Waals surface area (Å²) in [7, 11) is 0. The predicted octanol–water partition coefficient (Wildman–Crippen LogP) is 2.63. The molecule has 19 heavy (non-hydrogen) atoms. The first-order valence-corrected chi connectivity index (χ1v) is 6.77. The molecule has 0 aliphatic heterocycles. The number of fused-ring (bicyclic) bond motifs is 3. The third-order valence-electron chi connectivity index (χ3n) is 3.83. The van der Waals surface area contributed by atoms with E-state index in [1.54, 1.807) is 6.33 Å². The molecule has 5 heteroatoms. The van der Waals surface area contributed by atoms with Crippen molar-refractivity contribution in [3.8, 4) is 0 Å². The van der Waals surface area contributed by atoms with E-state index in [-0.39, 0.29) is 0 Å². The fourth-order valence-electron chi connectivity index (χ4n) is 2.87. The van der Waals surface area contributed by atoms with E-state index >= 15 is 0 Å². The standard InChI is InChI=1S/C14H15N5/c1-2-6-10(5-1)16-13-14-18-15-9-19(14)12-8-4-3-7-11(12)17-13/h3-4,7-10H,1-2,5-6H2,(H,16,17). The van der Waals surface area contributed by atoms with Gasteiger partial charge in [-0.2, -0.15) is 0 Å². The summed E-state index contributed by atoms with van der Waals surface area (Å²) in [6, 6.07) is 8.60. The van der Waals surface area contributed by atoms with Gasteiger partial charge >= 0.3 is 0 Å². The quantitative estimate of drug-likeness (QED) is 0.762. The number of nitrogens with zero attached hydrogens (tertiary/aromatic N) is 4. The van der Waals surface area contributed by atoms with Crippen LogP contribution in [0.25, 0.3) is 16.7 Å². The Morgan fingerprint density at radius 3 is 2.89 bits per heavy atom. The maximum Gasteiger partial charge on any atom is 0.203 e. The van der Waals surface area contributed by atoms with Crippen LogP contribution in [0.4, 0.5) is 5.82 Å². The first kappa shape index (κ1) is 10.7. The Morgan fingerprint density at radius 1 is 1.16 bits per heavy atom. The maximum atomic E-state index is 4.70. The van der Waals surface area contributed by atoms with Crippen LogP contribution in [0.15, 0.2) is 30.6 Å². The number of nitrogens with one attached hydrogen (secondary N) is 1. The number of anilines is 1. The summed E-state index contributed by atoms with van der Waals surface area (Å²) in [6.45, 7) is 0. The van der Waals surface area contributed by atoms with Gasteiger partial charge in [0, 0.05) is 6.04 Å². The SMILES string of the molecule is c1ccc2c(c1)nc(NC1CCCC1)c1nncn12. The van der Waals surface area contributed by atoms with Crippen LogP contribution >= 0.6 is 0 Å². The Bertz CT molecular complexity index is 727. The number of benzene rings is 1. The van der Waals surface area contributed by atoms with Crippen LogP contribution in [0.5, 0.6) is 0 Å². The largest absolute Gasteiger partial charge is 0.364 e. The highest BCUT2D eigenvalue weighted by atomic mass is 15.3. The van der Waals surface area contributed by atoms with Gasteiger partial charge in [0.25, 0.3) is 0 Å². The molecule has 0 unspecified atom stereocenters. The van der Waals surface area contributed by atoms with Crippen LogP contribution in [0.2, 0.25) is 0 Å². The minimum absolute atomic E-state index is 0.522. The second-order valence-corrected chi connectivity index (χ2v) is 5.10. The number of para-hydroxylation sites is 2. The normalized spacial score (nSPS) is 16.4. The number of hydrogen-bond donors (Lipinski definition) is 1. The van der Waals surface area contributed by atoms with Gasteiger partial charge in [-0.3, -0.25) is 4.40 Å². The second kappa shape index (κ2) is 4.19. The molecule has 0 atom stereocenters. The molecule has 5 nitrogen and oxygen atoms in total. The van der Waals surface area contributed by atoms with Gasteiger partial charge in [-0.15, -0.1) is 10.2 Å². The van der Waals surface area contributed by atoms with Crippen LogP contribution in [-0.2, 0) is 0 Å². The molecule has 2 aromatic heterocycles. The van der Waals surface area contributed by atoms with E-state index in [2.05, 4.69) is 15.5 Å². The molecule has 0 saturated heterocycles. The average molecular weight is 253 g/mol. The Morgan fingerprint density at radius 2 is 2.00 bits per heavy atom. The van der Waals surface area contributed by atoms with Gasteiger partial charge in [-0.1, -0.05) is 25.0 Å². The Labute approximate surface area is 110 Å². The topological polar surface area (TPSA) is 55.1 Å². The molecule has 96 valence electrons. The first-order valence-electron chi connectivity index (χ1n) is 6.77. The second-order valence-electron chi connectivity index (χ2n) is 5.10. The third kappa shape index (κ3) is 1.73. The summed E-state index contributed by atoms with van der Waals surface area (Å²) in [6.07, 6.45) is 6.78. The predicted molar refractivity (Wildman–Crippen MR) is 74.2 cm³/mol. The maximum absolute atomic E-state index is 4.70. The smallest absolute Gasteiger partial charge is 0.203 e. The molecule has 1 aliphatic carbocycles. The molecule has 2 heterocycles. The van der Waals surface area contributed by atoms with Crippen LogP contribution in [0.3, 0.4) is 0 Å². The van der Waals surface area contributed by atoms with Gasteiger partial charge in [-0.25, -0.2) is 4.98 Å². The summed E-state index contributed by atoms with van der Waals surface area (Å²) >= 11 is 0. The highest BCUT2D eigenvalue weighted by Gasteiger charge is 2.18. The van der Waals surface area contributed by atoms with Crippen molar-refractivity contribution in [2.45, 2.75) is 31.7 Å². The van der Waals surface area contributed by atoms with Gasteiger partial charge in [0.2, 0.25) is 5.65 Å². The van der Waals surface area contributed by atoms with E-state index in [0.29, 0.717) is 6.04 Å². The molecule has 0 spiro atoms. The molecule has 1 fully saturated rings. The van der Waals surface area contributed by atoms with Crippen molar-refractivity contribution in [2.75, 3.05) is 5.32 Å². The number of rotatable bonds is 2. The lowest BCUT2D eigenvalue weighted by atomic mass is 10.2. The lowest BCUT2D eigenvalue weighted by Gasteiger charge is -2.14. The average Bonchev–Trinajstić information content (AvgIpc) is 3.09. The van der Waals surface area contributed by atoms with Gasteiger partial charge < -0.3 is 5.32 Å². The van der Waals surface area contributed by atoms with E-state index in [4.69, 9.17) is 4.98 Å². The Kier molecular flexibility index (Phi) is 2.36. The van der Waals surface area contributed by atoms with Gasteiger partial charge in [0.05, 0.1) is 11.0 Å². The van der Waals surface area contributed by atoms with Crippen LogP contribution < -0.4 is 5.32 Å². The molecule has 1 saturated carbocycles. The third-order valence-corrected chi connectivity index (χ3v) is 3.83. The van der Waals surface area contributed by atoms with E-state index in [1.165, 1.54) is 25.7 Å². The molecular weight excluding hydrogens is 238 g/mol. The van der Waals surface area contributed by atoms with Crippen LogP contribution in [0.1, 0.15) is 25.7 Å². The van der Waals surface area contributed by atoms with Crippen molar-refractivity contribution in [3.05, 3.63) is 30.6 Å². The number of aromatic nitrogens is 4. The monoisotopic (exact) mass is 253 g/mol. The first-order chi connectivity index (χ1) is 9.42. The summed E-state index contributed by atoms with van der Waals surface area (Å²) < 4.78 is 2.00. The summed E-state index contributed by atoms with van der Waals surface area (Å²) in [5, 5.41) is 11.7.